The van der Waals surface area contributed by atoms with Crippen LogP contribution in [0.4, 0.5) is 14.5 Å². The van der Waals surface area contributed by atoms with E-state index < -0.39 is 11.6 Å². The van der Waals surface area contributed by atoms with Crippen LogP contribution in [0.5, 0.6) is 0 Å². The van der Waals surface area contributed by atoms with Gasteiger partial charge in [-0.2, -0.15) is 0 Å². The smallest absolute Gasteiger partial charge is 0.131 e. The maximum atomic E-state index is 12.9. The van der Waals surface area contributed by atoms with Gasteiger partial charge in [0.1, 0.15) is 11.6 Å². The normalized spacial score (nSPS) is 10.0. The van der Waals surface area contributed by atoms with E-state index in [1.165, 1.54) is 19.1 Å². The van der Waals surface area contributed by atoms with Crippen LogP contribution in [0.15, 0.2) is 12.1 Å². The molecule has 1 aromatic rings. The van der Waals surface area contributed by atoms with Gasteiger partial charge in [0.2, 0.25) is 0 Å². The molecule has 0 fully saturated rings. The van der Waals surface area contributed by atoms with Crippen LogP contribution < -0.4 is 5.32 Å². The van der Waals surface area contributed by atoms with Gasteiger partial charge in [0, 0.05) is 19.2 Å². The Morgan fingerprint density at radius 1 is 1.33 bits per heavy atom. The third-order valence-electron chi connectivity index (χ3n) is 1.66. The summed E-state index contributed by atoms with van der Waals surface area (Å²) in [5.74, 6) is -1.02. The van der Waals surface area contributed by atoms with Gasteiger partial charge >= 0.3 is 0 Å². The second-order valence-corrected chi connectivity index (χ2v) is 2.60. The van der Waals surface area contributed by atoms with Crippen molar-refractivity contribution in [2.45, 2.75) is 13.8 Å². The SMILES string of the molecule is CCNc1cc(F)c(C)c(F)c1.[HH]. The van der Waals surface area contributed by atoms with E-state index in [-0.39, 0.29) is 6.99 Å². The van der Waals surface area contributed by atoms with Gasteiger partial charge in [0.05, 0.1) is 0 Å². The summed E-state index contributed by atoms with van der Waals surface area (Å²) in [6, 6.07) is 2.59. The van der Waals surface area contributed by atoms with E-state index >= 15 is 0 Å². The Hall–Kier alpha value is -1.12. The second-order valence-electron chi connectivity index (χ2n) is 2.60. The minimum Gasteiger partial charge on any atom is -0.385 e. The van der Waals surface area contributed by atoms with Crippen LogP contribution in [0, 0.1) is 18.6 Å². The molecule has 0 bridgehead atoms. The van der Waals surface area contributed by atoms with Crippen LogP contribution in [0.25, 0.3) is 0 Å². The van der Waals surface area contributed by atoms with Crippen molar-refractivity contribution in [1.29, 1.82) is 0 Å². The molecule has 0 unspecified atom stereocenters. The van der Waals surface area contributed by atoms with Crippen LogP contribution >= 0.6 is 0 Å². The Morgan fingerprint density at radius 3 is 2.25 bits per heavy atom. The molecule has 0 saturated heterocycles. The molecular formula is C9H13F2N. The Labute approximate surface area is 71.9 Å². The summed E-state index contributed by atoms with van der Waals surface area (Å²) >= 11 is 0. The molecule has 0 atom stereocenters. The quantitative estimate of drug-likeness (QED) is 0.725. The highest BCUT2D eigenvalue weighted by molar-refractivity contribution is 5.45. The summed E-state index contributed by atoms with van der Waals surface area (Å²) in [4.78, 5) is 0. The largest absolute Gasteiger partial charge is 0.385 e. The van der Waals surface area contributed by atoms with Crippen LogP contribution in [0.3, 0.4) is 0 Å². The van der Waals surface area contributed by atoms with Crippen LogP contribution in [0.2, 0.25) is 0 Å². The molecule has 0 spiro atoms. The maximum absolute atomic E-state index is 12.9. The molecule has 1 rings (SSSR count). The van der Waals surface area contributed by atoms with Crippen LogP contribution in [0.1, 0.15) is 13.9 Å². The first-order valence-electron chi connectivity index (χ1n) is 3.84. The number of hydrogen-bond acceptors (Lipinski definition) is 1. The lowest BCUT2D eigenvalue weighted by molar-refractivity contribution is 0.569. The van der Waals surface area contributed by atoms with E-state index in [0.717, 1.165) is 0 Å². The van der Waals surface area contributed by atoms with Gasteiger partial charge in [-0.1, -0.05) is 0 Å². The Morgan fingerprint density at radius 2 is 1.83 bits per heavy atom. The molecule has 0 aliphatic heterocycles. The van der Waals surface area contributed by atoms with E-state index in [2.05, 4.69) is 5.32 Å². The molecule has 0 aromatic heterocycles. The fraction of sp³-hybridized carbons (Fsp3) is 0.333. The van der Waals surface area contributed by atoms with E-state index in [4.69, 9.17) is 0 Å². The lowest BCUT2D eigenvalue weighted by atomic mass is 10.2. The van der Waals surface area contributed by atoms with Crippen LogP contribution in [-0.2, 0) is 0 Å². The molecular weight excluding hydrogens is 160 g/mol. The van der Waals surface area contributed by atoms with E-state index in [1.54, 1.807) is 0 Å². The first-order valence-corrected chi connectivity index (χ1v) is 3.84. The number of halogens is 2. The summed E-state index contributed by atoms with van der Waals surface area (Å²) in [5.41, 5.74) is 0.551. The highest BCUT2D eigenvalue weighted by Crippen LogP contribution is 2.17. The molecule has 1 nitrogen and oxygen atoms in total. The monoisotopic (exact) mass is 173 g/mol. The van der Waals surface area contributed by atoms with Gasteiger partial charge in [-0.25, -0.2) is 8.78 Å². The Bertz CT molecular complexity index is 266. The zero-order valence-corrected chi connectivity index (χ0v) is 7.12. The standard InChI is InChI=1S/C9H11F2N.H2/c1-3-12-7-4-8(10)6(2)9(11)5-7;/h4-5,12H,3H2,1-2H3;1H. The molecule has 0 amide bonds. The molecule has 0 aliphatic rings. The predicted molar refractivity (Wildman–Crippen MR) is 47.4 cm³/mol. The van der Waals surface area contributed by atoms with Crippen molar-refractivity contribution in [3.63, 3.8) is 0 Å². The molecule has 3 heteroatoms. The van der Waals surface area contributed by atoms with Crippen molar-refractivity contribution >= 4 is 5.69 Å². The van der Waals surface area contributed by atoms with Crippen molar-refractivity contribution in [3.05, 3.63) is 29.3 Å². The summed E-state index contributed by atoms with van der Waals surface area (Å²) in [7, 11) is 0. The molecule has 1 N–H and O–H groups in total. The van der Waals surface area contributed by atoms with Crippen molar-refractivity contribution in [1.82, 2.24) is 0 Å². The molecule has 1 aromatic carbocycles. The Kier molecular flexibility index (Phi) is 2.63. The third-order valence-corrected chi connectivity index (χ3v) is 1.66. The van der Waals surface area contributed by atoms with E-state index in [1.807, 2.05) is 6.92 Å². The number of anilines is 1. The molecule has 0 heterocycles. The molecule has 68 valence electrons. The first kappa shape index (κ1) is 8.97. The fourth-order valence-corrected chi connectivity index (χ4v) is 0.951. The molecule has 0 saturated carbocycles. The lowest BCUT2D eigenvalue weighted by Gasteiger charge is -2.05. The second kappa shape index (κ2) is 3.52. The van der Waals surface area contributed by atoms with E-state index in [9.17, 15) is 8.78 Å². The number of benzene rings is 1. The Balaban J connectivity index is 0.00000144. The number of nitrogens with one attached hydrogen (secondary N) is 1. The fourth-order valence-electron chi connectivity index (χ4n) is 0.951. The van der Waals surface area contributed by atoms with Crippen molar-refractivity contribution < 1.29 is 10.2 Å². The first-order chi connectivity index (χ1) is 5.65. The van der Waals surface area contributed by atoms with Crippen molar-refractivity contribution in [3.8, 4) is 0 Å². The van der Waals surface area contributed by atoms with Crippen molar-refractivity contribution in [2.24, 2.45) is 0 Å². The van der Waals surface area contributed by atoms with Gasteiger partial charge in [0.25, 0.3) is 0 Å². The van der Waals surface area contributed by atoms with Gasteiger partial charge < -0.3 is 5.32 Å². The minimum atomic E-state index is -0.508. The third kappa shape index (κ3) is 1.72. The molecule has 0 aliphatic carbocycles. The lowest BCUT2D eigenvalue weighted by Crippen LogP contribution is -1.99. The molecule has 0 radical (unpaired) electrons. The van der Waals surface area contributed by atoms with Gasteiger partial charge in [0.15, 0.2) is 0 Å². The highest BCUT2D eigenvalue weighted by atomic mass is 19.1. The van der Waals surface area contributed by atoms with Crippen molar-refractivity contribution in [2.75, 3.05) is 11.9 Å². The maximum Gasteiger partial charge on any atom is 0.131 e. The van der Waals surface area contributed by atoms with Gasteiger partial charge in [-0.3, -0.25) is 0 Å². The summed E-state index contributed by atoms with van der Waals surface area (Å²) in [5, 5.41) is 2.84. The highest BCUT2D eigenvalue weighted by Gasteiger charge is 2.05. The summed E-state index contributed by atoms with van der Waals surface area (Å²) in [6.45, 7) is 3.94. The average molecular weight is 173 g/mol. The van der Waals surface area contributed by atoms with Gasteiger partial charge in [-0.05, 0) is 26.0 Å². The number of hydrogen-bond donors (Lipinski definition) is 1. The van der Waals surface area contributed by atoms with E-state index in [0.29, 0.717) is 12.2 Å². The minimum absolute atomic E-state index is 0. The predicted octanol–water partition coefficient (Wildman–Crippen LogP) is 2.95. The molecule has 12 heavy (non-hydrogen) atoms. The number of rotatable bonds is 2. The van der Waals surface area contributed by atoms with Crippen LogP contribution in [-0.4, -0.2) is 6.54 Å². The summed E-state index contributed by atoms with van der Waals surface area (Å²) in [6.07, 6.45) is 0. The summed E-state index contributed by atoms with van der Waals surface area (Å²) < 4.78 is 25.8. The zero-order valence-electron chi connectivity index (χ0n) is 7.12. The average Bonchev–Trinajstić information content (AvgIpc) is 2.01. The van der Waals surface area contributed by atoms with Gasteiger partial charge in [-0.15, -0.1) is 0 Å². The zero-order chi connectivity index (χ0) is 9.14. The topological polar surface area (TPSA) is 12.0 Å².